The summed E-state index contributed by atoms with van der Waals surface area (Å²) < 4.78 is 38.0. The Bertz CT molecular complexity index is 962. The van der Waals surface area contributed by atoms with Gasteiger partial charge in [-0.2, -0.15) is 9.78 Å². The molecule has 2 aromatic heterocycles. The van der Waals surface area contributed by atoms with E-state index in [1.807, 2.05) is 0 Å². The van der Waals surface area contributed by atoms with Crippen LogP contribution < -0.4 is 4.74 Å². The molecule has 3 aromatic rings. The molecular formula is C16H12Cl2F2N4O2S. The average Bonchev–Trinajstić information content (AvgIpc) is 3.25. The number of aromatic nitrogens is 3. The van der Waals surface area contributed by atoms with Gasteiger partial charge in [0.15, 0.2) is 0 Å². The number of furan rings is 1. The quantitative estimate of drug-likeness (QED) is 0.374. The molecule has 0 saturated heterocycles. The fraction of sp³-hybridized carbons (Fsp3) is 0.188. The van der Waals surface area contributed by atoms with Gasteiger partial charge in [0, 0.05) is 5.02 Å². The molecule has 0 radical (unpaired) electrons. The minimum atomic E-state index is -2.79. The fourth-order valence-electron chi connectivity index (χ4n) is 2.05. The first-order chi connectivity index (χ1) is 13.0. The number of thioether (sulfide) groups is 1. The van der Waals surface area contributed by atoms with Crippen molar-refractivity contribution in [3.8, 4) is 5.75 Å². The standard InChI is InChI=1S/C16H12Cl2F2N4O2S/c1-27-16-23-22-15(14(19)20)24(16)21-7-10-3-4-11(26-10)8-25-13-5-2-9(17)6-12(13)18/h2-7,14H,8H2,1H3. The molecule has 0 aliphatic heterocycles. The maximum absolute atomic E-state index is 13.0. The Labute approximate surface area is 167 Å². The van der Waals surface area contributed by atoms with E-state index in [9.17, 15) is 8.78 Å². The Kier molecular flexibility index (Phi) is 6.35. The Hall–Kier alpha value is -2.10. The van der Waals surface area contributed by atoms with Crippen molar-refractivity contribution >= 4 is 41.2 Å². The summed E-state index contributed by atoms with van der Waals surface area (Å²) in [5.74, 6) is 0.786. The Balaban J connectivity index is 1.69. The molecule has 1 aromatic carbocycles. The predicted molar refractivity (Wildman–Crippen MR) is 99.3 cm³/mol. The van der Waals surface area contributed by atoms with E-state index in [0.717, 1.165) is 16.4 Å². The number of ether oxygens (including phenoxy) is 1. The number of halogens is 4. The molecule has 0 spiro atoms. The third-order valence-electron chi connectivity index (χ3n) is 3.26. The molecule has 0 unspecified atom stereocenters. The van der Waals surface area contributed by atoms with Crippen molar-refractivity contribution in [2.75, 3.05) is 6.26 Å². The zero-order chi connectivity index (χ0) is 19.4. The Morgan fingerprint density at radius 1 is 1.30 bits per heavy atom. The van der Waals surface area contributed by atoms with Gasteiger partial charge >= 0.3 is 0 Å². The molecule has 6 nitrogen and oxygen atoms in total. The van der Waals surface area contributed by atoms with Crippen molar-refractivity contribution in [3.63, 3.8) is 0 Å². The number of benzene rings is 1. The average molecular weight is 433 g/mol. The van der Waals surface area contributed by atoms with E-state index >= 15 is 0 Å². The van der Waals surface area contributed by atoms with E-state index in [2.05, 4.69) is 15.3 Å². The molecule has 27 heavy (non-hydrogen) atoms. The minimum absolute atomic E-state index is 0.125. The summed E-state index contributed by atoms with van der Waals surface area (Å²) in [5.41, 5.74) is 0. The van der Waals surface area contributed by atoms with Crippen LogP contribution in [0.15, 0.2) is 45.0 Å². The number of rotatable bonds is 7. The van der Waals surface area contributed by atoms with E-state index in [1.165, 1.54) is 6.21 Å². The number of alkyl halides is 2. The van der Waals surface area contributed by atoms with E-state index < -0.39 is 12.2 Å². The molecule has 0 N–H and O–H groups in total. The van der Waals surface area contributed by atoms with Gasteiger partial charge in [0.05, 0.1) is 11.2 Å². The number of hydrogen-bond acceptors (Lipinski definition) is 6. The smallest absolute Gasteiger partial charge is 0.299 e. The predicted octanol–water partition coefficient (Wildman–Crippen LogP) is 5.30. The van der Waals surface area contributed by atoms with Crippen LogP contribution >= 0.6 is 35.0 Å². The summed E-state index contributed by atoms with van der Waals surface area (Å²) >= 11 is 13.0. The largest absolute Gasteiger partial charge is 0.484 e. The summed E-state index contributed by atoms with van der Waals surface area (Å²) in [6, 6.07) is 8.20. The highest BCUT2D eigenvalue weighted by Gasteiger charge is 2.19. The molecule has 11 heteroatoms. The van der Waals surface area contributed by atoms with Gasteiger partial charge in [-0.05, 0) is 36.6 Å². The lowest BCUT2D eigenvalue weighted by Crippen LogP contribution is -2.00. The second-order valence-electron chi connectivity index (χ2n) is 5.07. The van der Waals surface area contributed by atoms with Gasteiger partial charge in [-0.1, -0.05) is 35.0 Å². The second kappa shape index (κ2) is 8.73. The molecule has 2 heterocycles. The number of hydrogen-bond donors (Lipinski definition) is 0. The summed E-state index contributed by atoms with van der Waals surface area (Å²) in [6.45, 7) is 0.125. The number of nitrogens with zero attached hydrogens (tertiary/aromatic N) is 4. The van der Waals surface area contributed by atoms with Gasteiger partial charge in [-0.25, -0.2) is 8.78 Å². The van der Waals surface area contributed by atoms with Crippen LogP contribution in [0.3, 0.4) is 0 Å². The lowest BCUT2D eigenvalue weighted by molar-refractivity contribution is 0.135. The zero-order valence-electron chi connectivity index (χ0n) is 13.8. The molecule has 0 fully saturated rings. The maximum Gasteiger partial charge on any atom is 0.299 e. The first kappa shape index (κ1) is 19.7. The first-order valence-corrected chi connectivity index (χ1v) is 9.44. The van der Waals surface area contributed by atoms with E-state index in [1.54, 1.807) is 36.6 Å². The third kappa shape index (κ3) is 4.79. The van der Waals surface area contributed by atoms with E-state index in [4.69, 9.17) is 32.4 Å². The summed E-state index contributed by atoms with van der Waals surface area (Å²) in [4.78, 5) is 0. The topological polar surface area (TPSA) is 65.4 Å². The highest BCUT2D eigenvalue weighted by atomic mass is 35.5. The van der Waals surface area contributed by atoms with Crippen LogP contribution in [0.4, 0.5) is 8.78 Å². The lowest BCUT2D eigenvalue weighted by Gasteiger charge is -2.06. The molecule has 142 valence electrons. The van der Waals surface area contributed by atoms with Crippen molar-refractivity contribution < 1.29 is 17.9 Å². The molecule has 0 aliphatic rings. The van der Waals surface area contributed by atoms with E-state index in [0.29, 0.717) is 27.3 Å². The molecule has 0 aliphatic carbocycles. The third-order valence-corrected chi connectivity index (χ3v) is 4.41. The van der Waals surface area contributed by atoms with Crippen LogP contribution in [0.2, 0.25) is 10.0 Å². The van der Waals surface area contributed by atoms with Crippen LogP contribution in [0.5, 0.6) is 5.75 Å². The SMILES string of the molecule is CSc1nnc(C(F)F)n1N=Cc1ccc(COc2ccc(Cl)cc2Cl)o1. The molecule has 3 rings (SSSR count). The van der Waals surface area contributed by atoms with Crippen LogP contribution in [0.25, 0.3) is 0 Å². The van der Waals surface area contributed by atoms with Gasteiger partial charge < -0.3 is 9.15 Å². The fourth-order valence-corrected chi connectivity index (χ4v) is 2.95. The molecule has 0 saturated carbocycles. The summed E-state index contributed by atoms with van der Waals surface area (Å²) in [5, 5.41) is 12.2. The normalized spacial score (nSPS) is 11.6. The Morgan fingerprint density at radius 3 is 2.81 bits per heavy atom. The highest BCUT2D eigenvalue weighted by Crippen LogP contribution is 2.28. The van der Waals surface area contributed by atoms with Gasteiger partial charge in [0.25, 0.3) is 6.43 Å². The van der Waals surface area contributed by atoms with Gasteiger partial charge in [0.2, 0.25) is 11.0 Å². The van der Waals surface area contributed by atoms with E-state index in [-0.39, 0.29) is 11.8 Å². The maximum atomic E-state index is 13.0. The lowest BCUT2D eigenvalue weighted by atomic mass is 10.3. The Morgan fingerprint density at radius 2 is 2.11 bits per heavy atom. The zero-order valence-corrected chi connectivity index (χ0v) is 16.1. The molecular weight excluding hydrogens is 421 g/mol. The molecule has 0 amide bonds. The van der Waals surface area contributed by atoms with Crippen molar-refractivity contribution in [1.82, 2.24) is 14.9 Å². The van der Waals surface area contributed by atoms with Gasteiger partial charge in [-0.3, -0.25) is 0 Å². The highest BCUT2D eigenvalue weighted by molar-refractivity contribution is 7.98. The van der Waals surface area contributed by atoms with Crippen LogP contribution in [-0.2, 0) is 6.61 Å². The van der Waals surface area contributed by atoms with Crippen molar-refractivity contribution in [1.29, 1.82) is 0 Å². The van der Waals surface area contributed by atoms with Crippen molar-refractivity contribution in [2.45, 2.75) is 18.2 Å². The second-order valence-corrected chi connectivity index (χ2v) is 6.69. The van der Waals surface area contributed by atoms with Crippen LogP contribution in [0, 0.1) is 0 Å². The van der Waals surface area contributed by atoms with Gasteiger partial charge in [-0.15, -0.1) is 10.2 Å². The van der Waals surface area contributed by atoms with Crippen molar-refractivity contribution in [2.24, 2.45) is 5.10 Å². The van der Waals surface area contributed by atoms with Gasteiger partial charge in [0.1, 0.15) is 23.9 Å². The molecule has 0 atom stereocenters. The van der Waals surface area contributed by atoms with Crippen LogP contribution in [0.1, 0.15) is 23.8 Å². The van der Waals surface area contributed by atoms with Crippen molar-refractivity contribution in [3.05, 3.63) is 57.7 Å². The van der Waals surface area contributed by atoms with Crippen LogP contribution in [-0.4, -0.2) is 27.3 Å². The monoisotopic (exact) mass is 432 g/mol. The summed E-state index contributed by atoms with van der Waals surface area (Å²) in [7, 11) is 0. The minimum Gasteiger partial charge on any atom is -0.484 e. The first-order valence-electron chi connectivity index (χ1n) is 7.46. The summed E-state index contributed by atoms with van der Waals surface area (Å²) in [6.07, 6.45) is 0.198. The molecule has 0 bridgehead atoms.